The van der Waals surface area contributed by atoms with Crippen molar-refractivity contribution in [1.29, 1.82) is 0 Å². The monoisotopic (exact) mass is 293 g/mol. The predicted octanol–water partition coefficient (Wildman–Crippen LogP) is 4.91. The molecule has 0 aliphatic heterocycles. The third-order valence-electron chi connectivity index (χ3n) is 3.14. The second-order valence-corrected chi connectivity index (χ2v) is 5.35. The Bertz CT molecular complexity index is 641. The lowest BCUT2D eigenvalue weighted by Crippen LogP contribution is -2.08. The number of hydrogen-bond acceptors (Lipinski definition) is 2. The summed E-state index contributed by atoms with van der Waals surface area (Å²) in [6, 6.07) is 8.17. The molecule has 0 saturated heterocycles. The molecule has 0 radical (unpaired) electrons. The fourth-order valence-corrected chi connectivity index (χ4v) is 2.04. The van der Waals surface area contributed by atoms with Gasteiger partial charge in [0.1, 0.15) is 17.3 Å². The van der Waals surface area contributed by atoms with E-state index < -0.39 is 0 Å². The van der Waals surface area contributed by atoms with Gasteiger partial charge in [-0.15, -0.1) is 0 Å². The third kappa shape index (κ3) is 3.11. The zero-order valence-corrected chi connectivity index (χ0v) is 12.5. The fourth-order valence-electron chi connectivity index (χ4n) is 1.92. The molecule has 2 N–H and O–H groups in total. The van der Waals surface area contributed by atoms with Crippen LogP contribution in [0.25, 0.3) is 0 Å². The number of hydrogen-bond donors (Lipinski definition) is 1. The first-order valence-electron chi connectivity index (χ1n) is 6.38. The van der Waals surface area contributed by atoms with E-state index in [0.717, 1.165) is 5.56 Å². The predicted molar refractivity (Wildman–Crippen MR) is 80.0 cm³/mol. The van der Waals surface area contributed by atoms with Gasteiger partial charge in [-0.05, 0) is 62.2 Å². The van der Waals surface area contributed by atoms with E-state index >= 15 is 0 Å². The molecule has 0 saturated carbocycles. The molecule has 2 aromatic carbocycles. The quantitative estimate of drug-likeness (QED) is 0.873. The van der Waals surface area contributed by atoms with Crippen molar-refractivity contribution < 1.29 is 9.13 Å². The lowest BCUT2D eigenvalue weighted by Gasteiger charge is -2.15. The minimum Gasteiger partial charge on any atom is -0.457 e. The summed E-state index contributed by atoms with van der Waals surface area (Å²) in [5, 5.41) is 0.681. The summed E-state index contributed by atoms with van der Waals surface area (Å²) in [5.41, 5.74) is 7.96. The Kier molecular flexibility index (Phi) is 4.31. The maximum absolute atomic E-state index is 13.6. The van der Waals surface area contributed by atoms with E-state index in [9.17, 15) is 4.39 Å². The molecule has 106 valence electrons. The smallest absolute Gasteiger partial charge is 0.132 e. The Morgan fingerprint density at radius 3 is 2.45 bits per heavy atom. The van der Waals surface area contributed by atoms with Gasteiger partial charge in [0.05, 0.1) is 0 Å². The van der Waals surface area contributed by atoms with Crippen molar-refractivity contribution in [3.05, 3.63) is 57.9 Å². The van der Waals surface area contributed by atoms with Crippen LogP contribution in [-0.2, 0) is 0 Å². The summed E-state index contributed by atoms with van der Waals surface area (Å²) in [5.74, 6) is 0.942. The SMILES string of the molecule is Cc1cc(Oc2ccc(Cl)c(C)c2)c(C(C)N)cc1F. The maximum atomic E-state index is 13.6. The molecule has 0 bridgehead atoms. The average molecular weight is 294 g/mol. The van der Waals surface area contributed by atoms with Gasteiger partial charge in [0.2, 0.25) is 0 Å². The normalized spacial score (nSPS) is 12.3. The van der Waals surface area contributed by atoms with Gasteiger partial charge in [0, 0.05) is 16.6 Å². The summed E-state index contributed by atoms with van der Waals surface area (Å²) in [6.07, 6.45) is 0. The molecule has 4 heteroatoms. The van der Waals surface area contributed by atoms with E-state index in [1.54, 1.807) is 32.0 Å². The molecule has 2 rings (SSSR count). The van der Waals surface area contributed by atoms with Crippen LogP contribution in [-0.4, -0.2) is 0 Å². The van der Waals surface area contributed by atoms with Crippen molar-refractivity contribution in [3.63, 3.8) is 0 Å². The zero-order valence-electron chi connectivity index (χ0n) is 11.7. The Morgan fingerprint density at radius 1 is 1.15 bits per heavy atom. The maximum Gasteiger partial charge on any atom is 0.132 e. The highest BCUT2D eigenvalue weighted by molar-refractivity contribution is 6.31. The van der Waals surface area contributed by atoms with Gasteiger partial charge in [-0.3, -0.25) is 0 Å². The summed E-state index contributed by atoms with van der Waals surface area (Å²) in [6.45, 7) is 5.39. The molecule has 0 aliphatic carbocycles. The van der Waals surface area contributed by atoms with Crippen LogP contribution in [0.3, 0.4) is 0 Å². The number of halogens is 2. The van der Waals surface area contributed by atoms with Crippen molar-refractivity contribution in [1.82, 2.24) is 0 Å². The molecule has 1 unspecified atom stereocenters. The summed E-state index contributed by atoms with van der Waals surface area (Å²) in [7, 11) is 0. The zero-order chi connectivity index (χ0) is 14.9. The molecule has 0 aliphatic rings. The number of benzene rings is 2. The number of aryl methyl sites for hydroxylation is 2. The Hall–Kier alpha value is -1.58. The standard InChI is InChI=1S/C16H17ClFNO/c1-9-6-12(4-5-14(9)17)20-16-7-10(2)15(18)8-13(16)11(3)19/h4-8,11H,19H2,1-3H3. The van der Waals surface area contributed by atoms with E-state index in [4.69, 9.17) is 22.1 Å². The van der Waals surface area contributed by atoms with Gasteiger partial charge in [-0.25, -0.2) is 4.39 Å². The Morgan fingerprint density at radius 2 is 1.85 bits per heavy atom. The topological polar surface area (TPSA) is 35.2 Å². The lowest BCUT2D eigenvalue weighted by molar-refractivity contribution is 0.468. The summed E-state index contributed by atoms with van der Waals surface area (Å²) in [4.78, 5) is 0. The lowest BCUT2D eigenvalue weighted by atomic mass is 10.0. The van der Waals surface area contributed by atoms with Crippen LogP contribution in [0.1, 0.15) is 29.7 Å². The van der Waals surface area contributed by atoms with E-state index in [1.807, 2.05) is 13.0 Å². The Balaban J connectivity index is 2.41. The number of nitrogens with two attached hydrogens (primary N) is 1. The Labute approximate surface area is 123 Å². The highest BCUT2D eigenvalue weighted by atomic mass is 35.5. The molecule has 0 spiro atoms. The largest absolute Gasteiger partial charge is 0.457 e. The fraction of sp³-hybridized carbons (Fsp3) is 0.250. The number of ether oxygens (including phenoxy) is 1. The highest BCUT2D eigenvalue weighted by Crippen LogP contribution is 2.32. The van der Waals surface area contributed by atoms with Crippen molar-refractivity contribution in [3.8, 4) is 11.5 Å². The van der Waals surface area contributed by atoms with Crippen molar-refractivity contribution in [2.75, 3.05) is 0 Å². The van der Waals surface area contributed by atoms with Gasteiger partial charge in [0.25, 0.3) is 0 Å². The molecule has 0 heterocycles. The first-order chi connectivity index (χ1) is 9.38. The van der Waals surface area contributed by atoms with E-state index in [1.165, 1.54) is 6.07 Å². The van der Waals surface area contributed by atoms with Crippen molar-refractivity contribution >= 4 is 11.6 Å². The molecule has 20 heavy (non-hydrogen) atoms. The van der Waals surface area contributed by atoms with Gasteiger partial charge < -0.3 is 10.5 Å². The minimum atomic E-state index is -0.312. The van der Waals surface area contributed by atoms with Crippen LogP contribution in [0, 0.1) is 19.7 Å². The molecule has 0 fully saturated rings. The molecule has 2 nitrogen and oxygen atoms in total. The van der Waals surface area contributed by atoms with E-state index in [0.29, 0.717) is 27.6 Å². The molecule has 0 aromatic heterocycles. The van der Waals surface area contributed by atoms with Gasteiger partial charge in [-0.2, -0.15) is 0 Å². The summed E-state index contributed by atoms with van der Waals surface area (Å²) < 4.78 is 19.5. The van der Waals surface area contributed by atoms with Crippen LogP contribution >= 0.6 is 11.6 Å². The van der Waals surface area contributed by atoms with Crippen LogP contribution in [0.15, 0.2) is 30.3 Å². The van der Waals surface area contributed by atoms with Crippen molar-refractivity contribution in [2.24, 2.45) is 5.73 Å². The highest BCUT2D eigenvalue weighted by Gasteiger charge is 2.13. The second kappa shape index (κ2) is 5.81. The van der Waals surface area contributed by atoms with Gasteiger partial charge in [0.15, 0.2) is 0 Å². The molecule has 2 aromatic rings. The van der Waals surface area contributed by atoms with E-state index in [-0.39, 0.29) is 11.9 Å². The molecular weight excluding hydrogens is 277 g/mol. The van der Waals surface area contributed by atoms with Gasteiger partial charge >= 0.3 is 0 Å². The van der Waals surface area contributed by atoms with Crippen LogP contribution < -0.4 is 10.5 Å². The van der Waals surface area contributed by atoms with Crippen LogP contribution in [0.5, 0.6) is 11.5 Å². The van der Waals surface area contributed by atoms with Crippen LogP contribution in [0.4, 0.5) is 4.39 Å². The molecule has 1 atom stereocenters. The third-order valence-corrected chi connectivity index (χ3v) is 3.56. The number of rotatable bonds is 3. The average Bonchev–Trinajstić information content (AvgIpc) is 2.37. The van der Waals surface area contributed by atoms with Gasteiger partial charge in [-0.1, -0.05) is 11.6 Å². The molecule has 0 amide bonds. The first-order valence-corrected chi connectivity index (χ1v) is 6.76. The minimum absolute atomic E-state index is 0.281. The van der Waals surface area contributed by atoms with E-state index in [2.05, 4.69) is 0 Å². The first kappa shape index (κ1) is 14.8. The second-order valence-electron chi connectivity index (χ2n) is 4.94. The molecular formula is C16H17ClFNO. The van der Waals surface area contributed by atoms with Crippen LogP contribution in [0.2, 0.25) is 5.02 Å². The van der Waals surface area contributed by atoms with Crippen molar-refractivity contribution in [2.45, 2.75) is 26.8 Å². The summed E-state index contributed by atoms with van der Waals surface area (Å²) >= 11 is 5.99.